The summed E-state index contributed by atoms with van der Waals surface area (Å²) in [6.07, 6.45) is 0.749. The third-order valence-electron chi connectivity index (χ3n) is 3.59. The van der Waals surface area contributed by atoms with E-state index in [2.05, 4.69) is 17.0 Å². The summed E-state index contributed by atoms with van der Waals surface area (Å²) >= 11 is 0. The lowest BCUT2D eigenvalue weighted by Gasteiger charge is -2.46. The van der Waals surface area contributed by atoms with Crippen LogP contribution < -0.4 is 0 Å². The van der Waals surface area contributed by atoms with Crippen LogP contribution in [0.1, 0.15) is 25.8 Å². The molecule has 1 aliphatic rings. The first kappa shape index (κ1) is 15.9. The summed E-state index contributed by atoms with van der Waals surface area (Å²) in [4.78, 5) is 24.2. The van der Waals surface area contributed by atoms with Crippen LogP contribution in [0, 0.1) is 0 Å². The fourth-order valence-corrected chi connectivity index (χ4v) is 2.52. The number of carbonyl (C=O) groups is 1. The van der Waals surface area contributed by atoms with Crippen LogP contribution >= 0.6 is 0 Å². The number of esters is 1. The maximum atomic E-state index is 12.0. The fraction of sp³-hybridized carbons (Fsp3) is 0.562. The molecule has 0 radical (unpaired) electrons. The van der Waals surface area contributed by atoms with Gasteiger partial charge in [-0.05, 0) is 25.8 Å². The van der Waals surface area contributed by atoms with Gasteiger partial charge in [0.05, 0.1) is 19.8 Å². The van der Waals surface area contributed by atoms with Crippen LogP contribution in [0.25, 0.3) is 0 Å². The maximum absolute atomic E-state index is 12.0. The van der Waals surface area contributed by atoms with E-state index in [0.29, 0.717) is 26.4 Å². The zero-order valence-electron chi connectivity index (χ0n) is 12.7. The van der Waals surface area contributed by atoms with Crippen molar-refractivity contribution in [2.24, 2.45) is 0 Å². The van der Waals surface area contributed by atoms with Crippen molar-refractivity contribution in [2.45, 2.75) is 38.9 Å². The third-order valence-corrected chi connectivity index (χ3v) is 3.59. The Morgan fingerprint density at radius 1 is 1.19 bits per heavy atom. The summed E-state index contributed by atoms with van der Waals surface area (Å²) in [7, 11) is 0. The largest absolute Gasteiger partial charge is 0.465 e. The molecule has 0 N–H and O–H groups in total. The van der Waals surface area contributed by atoms with Crippen molar-refractivity contribution < 1.29 is 19.3 Å². The Labute approximate surface area is 125 Å². The van der Waals surface area contributed by atoms with Crippen molar-refractivity contribution in [1.29, 1.82) is 0 Å². The number of hydrogen-bond donors (Lipinski definition) is 0. The molecule has 0 saturated carbocycles. The highest BCUT2D eigenvalue weighted by atomic mass is 17.2. The predicted molar refractivity (Wildman–Crippen MR) is 78.4 cm³/mol. The van der Waals surface area contributed by atoms with Gasteiger partial charge in [-0.15, -0.1) is 0 Å². The van der Waals surface area contributed by atoms with E-state index in [1.165, 1.54) is 5.56 Å². The van der Waals surface area contributed by atoms with Gasteiger partial charge < -0.3 is 4.74 Å². The van der Waals surface area contributed by atoms with Crippen LogP contribution in [-0.4, -0.2) is 42.8 Å². The molecule has 0 aliphatic carbocycles. The molecule has 0 amide bonds. The molecule has 1 aromatic carbocycles. The lowest BCUT2D eigenvalue weighted by Crippen LogP contribution is -2.60. The Morgan fingerprint density at radius 3 is 2.62 bits per heavy atom. The number of carbonyl (C=O) groups excluding carboxylic acids is 1. The Hall–Kier alpha value is -1.43. The summed E-state index contributed by atoms with van der Waals surface area (Å²) in [6.45, 7) is 5.82. The van der Waals surface area contributed by atoms with E-state index in [1.54, 1.807) is 0 Å². The molecular weight excluding hydrogens is 270 g/mol. The average Bonchev–Trinajstić information content (AvgIpc) is 2.49. The van der Waals surface area contributed by atoms with Crippen LogP contribution in [0.15, 0.2) is 30.3 Å². The first-order valence-corrected chi connectivity index (χ1v) is 7.47. The molecule has 1 aromatic rings. The van der Waals surface area contributed by atoms with Crippen molar-refractivity contribution >= 4 is 5.97 Å². The zero-order valence-corrected chi connectivity index (χ0v) is 12.7. The molecule has 2 rings (SSSR count). The Bertz CT molecular complexity index is 437. The maximum Gasteiger partial charge on any atom is 0.323 e. The van der Waals surface area contributed by atoms with Gasteiger partial charge in [0, 0.05) is 12.6 Å². The molecule has 5 heteroatoms. The minimum Gasteiger partial charge on any atom is -0.465 e. The van der Waals surface area contributed by atoms with Gasteiger partial charge in [-0.1, -0.05) is 30.3 Å². The third kappa shape index (κ3) is 4.27. The fourth-order valence-electron chi connectivity index (χ4n) is 2.52. The van der Waals surface area contributed by atoms with Crippen molar-refractivity contribution in [3.63, 3.8) is 0 Å². The Balaban J connectivity index is 1.95. The topological polar surface area (TPSA) is 48.0 Å². The number of hydrogen-bond acceptors (Lipinski definition) is 5. The number of rotatable bonds is 8. The number of ether oxygens (including phenoxy) is 1. The van der Waals surface area contributed by atoms with E-state index in [-0.39, 0.29) is 18.1 Å². The second-order valence-corrected chi connectivity index (χ2v) is 5.01. The van der Waals surface area contributed by atoms with Crippen LogP contribution in [0.4, 0.5) is 0 Å². The van der Waals surface area contributed by atoms with Gasteiger partial charge in [-0.25, -0.2) is 9.78 Å². The number of likely N-dealkylation sites (tertiary alicyclic amines) is 1. The molecule has 0 aromatic heterocycles. The highest BCUT2D eigenvalue weighted by molar-refractivity contribution is 5.77. The normalized spacial score (nSPS) is 21.8. The molecule has 1 fully saturated rings. The van der Waals surface area contributed by atoms with Gasteiger partial charge in [0.1, 0.15) is 6.04 Å². The van der Waals surface area contributed by atoms with Gasteiger partial charge in [-0.3, -0.25) is 9.69 Å². The Kier molecular flexibility index (Phi) is 6.17. The van der Waals surface area contributed by atoms with Gasteiger partial charge in [0.2, 0.25) is 0 Å². The molecule has 2 atom stereocenters. The van der Waals surface area contributed by atoms with E-state index in [0.717, 1.165) is 6.42 Å². The lowest BCUT2D eigenvalue weighted by atomic mass is 9.92. The van der Waals surface area contributed by atoms with Crippen molar-refractivity contribution in [1.82, 2.24) is 4.90 Å². The minimum absolute atomic E-state index is 0.152. The van der Waals surface area contributed by atoms with Crippen molar-refractivity contribution in [2.75, 3.05) is 19.8 Å². The second kappa shape index (κ2) is 8.12. The van der Waals surface area contributed by atoms with E-state index in [4.69, 9.17) is 14.5 Å². The number of nitrogens with zero attached hydrogens (tertiary/aromatic N) is 1. The van der Waals surface area contributed by atoms with E-state index in [1.807, 2.05) is 32.0 Å². The van der Waals surface area contributed by atoms with Crippen LogP contribution in [0.5, 0.6) is 0 Å². The minimum atomic E-state index is -0.180. The van der Waals surface area contributed by atoms with Crippen molar-refractivity contribution in [3.8, 4) is 0 Å². The lowest BCUT2D eigenvalue weighted by molar-refractivity contribution is -0.305. The Morgan fingerprint density at radius 2 is 1.95 bits per heavy atom. The second-order valence-electron chi connectivity index (χ2n) is 5.01. The van der Waals surface area contributed by atoms with Crippen LogP contribution in [0.3, 0.4) is 0 Å². The first-order chi connectivity index (χ1) is 10.3. The molecule has 1 saturated heterocycles. The monoisotopic (exact) mass is 293 g/mol. The van der Waals surface area contributed by atoms with Gasteiger partial charge >= 0.3 is 5.97 Å². The smallest absolute Gasteiger partial charge is 0.323 e. The molecule has 5 nitrogen and oxygen atoms in total. The predicted octanol–water partition coefficient (Wildman–Crippen LogP) is 2.16. The van der Waals surface area contributed by atoms with Crippen molar-refractivity contribution in [3.05, 3.63) is 35.9 Å². The molecule has 1 aliphatic heterocycles. The van der Waals surface area contributed by atoms with Gasteiger partial charge in [0.25, 0.3) is 0 Å². The van der Waals surface area contributed by atoms with Gasteiger partial charge in [-0.2, -0.15) is 0 Å². The highest BCUT2D eigenvalue weighted by Crippen LogP contribution is 2.29. The number of benzene rings is 1. The summed E-state index contributed by atoms with van der Waals surface area (Å²) in [6, 6.07) is 10.1. The molecule has 21 heavy (non-hydrogen) atoms. The van der Waals surface area contributed by atoms with E-state index < -0.39 is 0 Å². The average molecular weight is 293 g/mol. The van der Waals surface area contributed by atoms with Crippen LogP contribution in [0.2, 0.25) is 0 Å². The zero-order chi connectivity index (χ0) is 15.1. The summed E-state index contributed by atoms with van der Waals surface area (Å²) in [5.74, 6) is -0.152. The molecule has 116 valence electrons. The molecule has 0 spiro atoms. The highest BCUT2D eigenvalue weighted by Gasteiger charge is 2.43. The van der Waals surface area contributed by atoms with E-state index in [9.17, 15) is 4.79 Å². The molecular formula is C16H23NO4. The van der Waals surface area contributed by atoms with Gasteiger partial charge in [0.15, 0.2) is 0 Å². The molecule has 1 heterocycles. The summed E-state index contributed by atoms with van der Waals surface area (Å²) in [5.41, 5.74) is 1.17. The standard InChI is InChI=1S/C16H23NO4/c1-3-19-16(18)15-10-14(12-21-20-4-2)17(15)11-13-8-6-5-7-9-13/h5-9,14-15H,3-4,10-12H2,1-2H3/t14?,15-/m0/s1. The summed E-state index contributed by atoms with van der Waals surface area (Å²) in [5, 5.41) is 0. The first-order valence-electron chi connectivity index (χ1n) is 7.47. The SMILES string of the molecule is CCOOCC1C[C@@H](C(=O)OCC)N1Cc1ccccc1. The molecule has 1 unspecified atom stereocenters. The summed E-state index contributed by atoms with van der Waals surface area (Å²) < 4.78 is 5.14. The van der Waals surface area contributed by atoms with Crippen LogP contribution in [-0.2, 0) is 25.9 Å². The molecule has 0 bridgehead atoms. The van der Waals surface area contributed by atoms with E-state index >= 15 is 0 Å². The quantitative estimate of drug-likeness (QED) is 0.318.